The lowest BCUT2D eigenvalue weighted by Crippen LogP contribution is -2.52. The smallest absolute Gasteiger partial charge is 0.243 e. The summed E-state index contributed by atoms with van der Waals surface area (Å²) in [5.74, 6) is 2.27. The maximum atomic E-state index is 10.8. The van der Waals surface area contributed by atoms with Gasteiger partial charge in [0, 0.05) is 0 Å². The van der Waals surface area contributed by atoms with Crippen LogP contribution in [0.15, 0.2) is 0 Å². The van der Waals surface area contributed by atoms with Crippen molar-refractivity contribution in [3.8, 4) is 0 Å². The minimum Gasteiger partial charge on any atom is -0.368 e. The third-order valence-electron chi connectivity index (χ3n) is 4.50. The highest BCUT2D eigenvalue weighted by molar-refractivity contribution is 5.75. The molecule has 84 valence electrons. The van der Waals surface area contributed by atoms with Gasteiger partial charge in [0.2, 0.25) is 5.91 Å². The Labute approximate surface area is 90.4 Å². The van der Waals surface area contributed by atoms with Gasteiger partial charge in [0.15, 0.2) is 0 Å². The molecule has 0 saturated heterocycles. The van der Waals surface area contributed by atoms with Crippen molar-refractivity contribution in [1.82, 2.24) is 0 Å². The van der Waals surface area contributed by atoms with Crippen LogP contribution in [0.2, 0.25) is 0 Å². The van der Waals surface area contributed by atoms with Crippen LogP contribution in [0.1, 0.15) is 38.5 Å². The maximum Gasteiger partial charge on any atom is 0.243 e. The van der Waals surface area contributed by atoms with Gasteiger partial charge in [0.25, 0.3) is 0 Å². The third kappa shape index (κ3) is 1.67. The largest absolute Gasteiger partial charge is 0.368 e. The zero-order valence-electron chi connectivity index (χ0n) is 9.08. The van der Waals surface area contributed by atoms with Gasteiger partial charge >= 0.3 is 0 Å². The van der Waals surface area contributed by atoms with Gasteiger partial charge in [0.1, 0.15) is 6.61 Å². The number of hydrogen-bond donors (Lipinski definition) is 1. The molecule has 0 aromatic rings. The molecule has 4 aliphatic carbocycles. The first-order chi connectivity index (χ1) is 7.15. The Morgan fingerprint density at radius 3 is 2.00 bits per heavy atom. The van der Waals surface area contributed by atoms with E-state index < -0.39 is 0 Å². The monoisotopic (exact) mass is 209 g/mol. The molecule has 2 N–H and O–H groups in total. The molecule has 3 heteroatoms. The number of carbonyl (C=O) groups excluding carboxylic acids is 1. The summed E-state index contributed by atoms with van der Waals surface area (Å²) >= 11 is 0. The zero-order chi connectivity index (χ0) is 10.5. The molecule has 4 saturated carbocycles. The van der Waals surface area contributed by atoms with Crippen LogP contribution in [0.3, 0.4) is 0 Å². The molecule has 4 fully saturated rings. The van der Waals surface area contributed by atoms with Crippen molar-refractivity contribution in [3.05, 3.63) is 0 Å². The fourth-order valence-corrected chi connectivity index (χ4v) is 4.43. The van der Waals surface area contributed by atoms with E-state index in [2.05, 4.69) is 0 Å². The Hall–Kier alpha value is -0.570. The Bertz CT molecular complexity index is 252. The van der Waals surface area contributed by atoms with E-state index in [9.17, 15) is 4.79 Å². The van der Waals surface area contributed by atoms with E-state index in [-0.39, 0.29) is 18.1 Å². The lowest BCUT2D eigenvalue weighted by Gasteiger charge is -2.56. The molecule has 0 aromatic heterocycles. The molecule has 0 radical (unpaired) electrons. The van der Waals surface area contributed by atoms with Gasteiger partial charge in [-0.15, -0.1) is 0 Å². The van der Waals surface area contributed by atoms with Gasteiger partial charge in [-0.25, -0.2) is 0 Å². The van der Waals surface area contributed by atoms with Crippen molar-refractivity contribution in [2.24, 2.45) is 23.5 Å². The van der Waals surface area contributed by atoms with Crippen LogP contribution < -0.4 is 5.73 Å². The fourth-order valence-electron chi connectivity index (χ4n) is 4.43. The van der Waals surface area contributed by atoms with Crippen molar-refractivity contribution in [1.29, 1.82) is 0 Å². The summed E-state index contributed by atoms with van der Waals surface area (Å²) in [6.07, 6.45) is 7.72. The Balaban J connectivity index is 1.72. The number of nitrogens with two attached hydrogens (primary N) is 1. The van der Waals surface area contributed by atoms with Crippen LogP contribution in [0.4, 0.5) is 0 Å². The standard InChI is InChI=1S/C12H19NO2/c13-11(14)7-15-12-4-8-1-9(5-12)3-10(2-8)6-12/h8-10H,1-7H2,(H2,13,14). The van der Waals surface area contributed by atoms with E-state index in [1.165, 1.54) is 38.5 Å². The molecule has 3 nitrogen and oxygen atoms in total. The van der Waals surface area contributed by atoms with Crippen LogP contribution in [0.25, 0.3) is 0 Å². The van der Waals surface area contributed by atoms with Gasteiger partial charge in [-0.1, -0.05) is 0 Å². The van der Waals surface area contributed by atoms with E-state index in [1.54, 1.807) is 0 Å². The van der Waals surface area contributed by atoms with Crippen molar-refractivity contribution in [3.63, 3.8) is 0 Å². The quantitative estimate of drug-likeness (QED) is 0.765. The van der Waals surface area contributed by atoms with Crippen molar-refractivity contribution in [2.75, 3.05) is 6.61 Å². The summed E-state index contributed by atoms with van der Waals surface area (Å²) in [6.45, 7) is 0.117. The highest BCUT2D eigenvalue weighted by Gasteiger charge is 2.51. The molecule has 0 atom stereocenters. The lowest BCUT2D eigenvalue weighted by atomic mass is 9.54. The fraction of sp³-hybridized carbons (Fsp3) is 0.917. The Morgan fingerprint density at radius 2 is 1.60 bits per heavy atom. The SMILES string of the molecule is NC(=O)COC12CC3CC(CC(C3)C1)C2. The number of carbonyl (C=O) groups is 1. The van der Waals surface area contributed by atoms with Crippen molar-refractivity contribution >= 4 is 5.91 Å². The first kappa shape index (κ1) is 9.64. The highest BCUT2D eigenvalue weighted by atomic mass is 16.5. The van der Waals surface area contributed by atoms with Crippen molar-refractivity contribution < 1.29 is 9.53 Å². The third-order valence-corrected chi connectivity index (χ3v) is 4.50. The minimum atomic E-state index is -0.328. The Morgan fingerprint density at radius 1 is 1.13 bits per heavy atom. The number of primary amides is 1. The summed E-state index contributed by atoms with van der Waals surface area (Å²) in [5, 5.41) is 0. The van der Waals surface area contributed by atoms with Crippen LogP contribution in [0, 0.1) is 17.8 Å². The molecule has 0 aliphatic heterocycles. The maximum absolute atomic E-state index is 10.8. The first-order valence-corrected chi connectivity index (χ1v) is 6.07. The van der Waals surface area contributed by atoms with Gasteiger partial charge in [-0.3, -0.25) is 4.79 Å². The number of rotatable bonds is 3. The molecule has 0 aromatic carbocycles. The average molecular weight is 209 g/mol. The molecule has 4 rings (SSSR count). The molecule has 15 heavy (non-hydrogen) atoms. The molecule has 0 spiro atoms. The molecule has 1 amide bonds. The Kier molecular flexibility index (Phi) is 2.06. The summed E-state index contributed by atoms with van der Waals surface area (Å²) in [6, 6.07) is 0. The van der Waals surface area contributed by atoms with E-state index >= 15 is 0 Å². The summed E-state index contributed by atoms with van der Waals surface area (Å²) in [5.41, 5.74) is 5.19. The molecule has 0 unspecified atom stereocenters. The minimum absolute atomic E-state index is 0.0315. The average Bonchev–Trinajstić information content (AvgIpc) is 2.12. The predicted octanol–water partition coefficient (Wildman–Crippen LogP) is 1.46. The van der Waals surface area contributed by atoms with E-state index in [1.807, 2.05) is 0 Å². The van der Waals surface area contributed by atoms with Crippen molar-refractivity contribution in [2.45, 2.75) is 44.1 Å². The van der Waals surface area contributed by atoms with E-state index in [4.69, 9.17) is 10.5 Å². The summed E-state index contributed by atoms with van der Waals surface area (Å²) in [7, 11) is 0. The number of hydrogen-bond acceptors (Lipinski definition) is 2. The number of ether oxygens (including phenoxy) is 1. The molecular formula is C12H19NO2. The topological polar surface area (TPSA) is 52.3 Å². The summed E-state index contributed by atoms with van der Waals surface area (Å²) < 4.78 is 5.83. The lowest BCUT2D eigenvalue weighted by molar-refractivity contribution is -0.168. The second-order valence-corrected chi connectivity index (χ2v) is 5.86. The van der Waals surface area contributed by atoms with Crippen LogP contribution in [-0.4, -0.2) is 18.1 Å². The second-order valence-electron chi connectivity index (χ2n) is 5.86. The predicted molar refractivity (Wildman–Crippen MR) is 56.0 cm³/mol. The zero-order valence-corrected chi connectivity index (χ0v) is 9.08. The molecule has 4 bridgehead atoms. The van der Waals surface area contributed by atoms with Gasteiger partial charge in [-0.2, -0.15) is 0 Å². The van der Waals surface area contributed by atoms with Gasteiger partial charge in [0.05, 0.1) is 5.60 Å². The summed E-state index contributed by atoms with van der Waals surface area (Å²) in [4.78, 5) is 10.8. The van der Waals surface area contributed by atoms with Crippen LogP contribution >= 0.6 is 0 Å². The highest BCUT2D eigenvalue weighted by Crippen LogP contribution is 2.56. The normalized spacial score (nSPS) is 47.1. The van der Waals surface area contributed by atoms with E-state index in [0.717, 1.165) is 17.8 Å². The van der Waals surface area contributed by atoms with Crippen LogP contribution in [0.5, 0.6) is 0 Å². The molecular weight excluding hydrogens is 190 g/mol. The van der Waals surface area contributed by atoms with Crippen LogP contribution in [-0.2, 0) is 9.53 Å². The first-order valence-electron chi connectivity index (χ1n) is 6.07. The number of amides is 1. The van der Waals surface area contributed by atoms with E-state index in [0.29, 0.717) is 0 Å². The molecule has 4 aliphatic rings. The van der Waals surface area contributed by atoms with Gasteiger partial charge in [-0.05, 0) is 56.3 Å². The second kappa shape index (κ2) is 3.21. The van der Waals surface area contributed by atoms with Gasteiger partial charge < -0.3 is 10.5 Å². The molecule has 0 heterocycles.